The fourth-order valence-electron chi connectivity index (χ4n) is 4.00. The smallest absolute Gasteiger partial charge is 0.257 e. The van der Waals surface area contributed by atoms with Gasteiger partial charge in [0.2, 0.25) is 0 Å². The third-order valence-electron chi connectivity index (χ3n) is 5.54. The number of hydrogen-bond acceptors (Lipinski definition) is 4. The summed E-state index contributed by atoms with van der Waals surface area (Å²) in [4.78, 5) is 21.8. The van der Waals surface area contributed by atoms with E-state index in [2.05, 4.69) is 31.9 Å². The van der Waals surface area contributed by atoms with E-state index >= 15 is 0 Å². The van der Waals surface area contributed by atoms with Crippen LogP contribution in [-0.4, -0.2) is 42.0 Å². The van der Waals surface area contributed by atoms with Crippen molar-refractivity contribution >= 4 is 23.1 Å². The van der Waals surface area contributed by atoms with E-state index < -0.39 is 0 Å². The molecule has 2 aromatic rings. The van der Waals surface area contributed by atoms with Crippen LogP contribution in [0.2, 0.25) is 0 Å². The number of rotatable bonds is 5. The summed E-state index contributed by atoms with van der Waals surface area (Å²) >= 11 is 0. The second-order valence-corrected chi connectivity index (χ2v) is 7.64. The quantitative estimate of drug-likeness (QED) is 0.607. The van der Waals surface area contributed by atoms with E-state index in [1.807, 2.05) is 36.4 Å². The molecule has 0 aliphatic carbocycles. The molecule has 1 N–H and O–H groups in total. The number of hydrogen-bond donors (Lipinski definition) is 1. The zero-order chi connectivity index (χ0) is 19.9. The van der Waals surface area contributed by atoms with Gasteiger partial charge in [-0.1, -0.05) is 24.5 Å². The van der Waals surface area contributed by atoms with Gasteiger partial charge < -0.3 is 10.2 Å². The van der Waals surface area contributed by atoms with Gasteiger partial charge in [-0.15, -0.1) is 5.92 Å². The number of nitrogens with one attached hydrogen (secondary N) is 1. The number of likely N-dealkylation sites (tertiary alicyclic amines) is 1. The molecule has 1 fully saturated rings. The minimum Gasteiger partial charge on any atom is -0.324 e. The third-order valence-corrected chi connectivity index (χ3v) is 5.54. The van der Waals surface area contributed by atoms with Crippen molar-refractivity contribution in [2.45, 2.75) is 38.5 Å². The maximum Gasteiger partial charge on any atom is 0.257 e. The lowest BCUT2D eigenvalue weighted by atomic mass is 10.1. The van der Waals surface area contributed by atoms with E-state index in [1.54, 1.807) is 6.20 Å². The number of nitrogens with zero attached hydrogens (tertiary/aromatic N) is 3. The number of anilines is 3. The minimum atomic E-state index is -0.0825. The average molecular weight is 389 g/mol. The molecule has 1 aromatic carbocycles. The Hall–Kier alpha value is -2.84. The van der Waals surface area contributed by atoms with Crippen molar-refractivity contribution in [1.29, 1.82) is 0 Å². The highest BCUT2D eigenvalue weighted by molar-refractivity contribution is 6.11. The van der Waals surface area contributed by atoms with Crippen LogP contribution in [0, 0.1) is 11.8 Å². The van der Waals surface area contributed by atoms with E-state index in [0.29, 0.717) is 5.56 Å². The molecule has 0 atom stereocenters. The van der Waals surface area contributed by atoms with Gasteiger partial charge in [-0.25, -0.2) is 4.98 Å². The topological polar surface area (TPSA) is 48.5 Å². The normalized spacial score (nSPS) is 16.1. The van der Waals surface area contributed by atoms with Crippen LogP contribution in [0.25, 0.3) is 0 Å². The molecule has 2 aliphatic heterocycles. The summed E-state index contributed by atoms with van der Waals surface area (Å²) in [5.41, 5.74) is 2.36. The van der Waals surface area contributed by atoms with Gasteiger partial charge in [0.25, 0.3) is 5.91 Å². The number of para-hydroxylation sites is 1. The molecule has 29 heavy (non-hydrogen) atoms. The maximum atomic E-state index is 12.6. The molecule has 0 saturated carbocycles. The zero-order valence-corrected chi connectivity index (χ0v) is 16.9. The van der Waals surface area contributed by atoms with Crippen molar-refractivity contribution in [3.63, 3.8) is 0 Å². The van der Waals surface area contributed by atoms with Gasteiger partial charge in [-0.05, 0) is 63.0 Å². The fourth-order valence-corrected chi connectivity index (χ4v) is 4.00. The number of amides is 1. The van der Waals surface area contributed by atoms with Gasteiger partial charge in [0, 0.05) is 19.2 Å². The van der Waals surface area contributed by atoms with Gasteiger partial charge in [0.05, 0.1) is 23.5 Å². The number of fused-ring (bicyclic) bond motifs is 2. The summed E-state index contributed by atoms with van der Waals surface area (Å²) in [6, 6.07) is 11.5. The lowest BCUT2D eigenvalue weighted by Crippen LogP contribution is -2.29. The first-order valence-corrected chi connectivity index (χ1v) is 10.6. The monoisotopic (exact) mass is 388 g/mol. The Bertz CT molecular complexity index is 908. The third kappa shape index (κ3) is 4.78. The standard InChI is InChI=1S/C24H28N4O/c29-24-20-12-5-6-14-22(20)28(23-21(26-24)13-11-15-25-23)19-10-3-1-2-7-16-27-17-8-4-9-18-27/h5-6,11-15H,1,3-4,8-10,16-19H2,(H,26,29). The molecule has 4 rings (SSSR count). The lowest BCUT2D eigenvalue weighted by Gasteiger charge is -2.24. The van der Waals surface area contributed by atoms with Gasteiger partial charge in [0.15, 0.2) is 5.82 Å². The predicted molar refractivity (Wildman–Crippen MR) is 118 cm³/mol. The van der Waals surface area contributed by atoms with Crippen LogP contribution in [-0.2, 0) is 0 Å². The Balaban J connectivity index is 1.37. The number of carbonyl (C=O) groups excluding carboxylic acids is 1. The van der Waals surface area contributed by atoms with Crippen LogP contribution in [0.4, 0.5) is 17.2 Å². The zero-order valence-electron chi connectivity index (χ0n) is 16.9. The van der Waals surface area contributed by atoms with E-state index in [0.717, 1.165) is 49.5 Å². The fraction of sp³-hybridized carbons (Fsp3) is 0.417. The molecule has 5 heteroatoms. The van der Waals surface area contributed by atoms with Gasteiger partial charge in [-0.3, -0.25) is 9.69 Å². The summed E-state index contributed by atoms with van der Waals surface area (Å²) in [5.74, 6) is 7.40. The number of benzene rings is 1. The summed E-state index contributed by atoms with van der Waals surface area (Å²) in [6.45, 7) is 4.11. The Morgan fingerprint density at radius 3 is 2.76 bits per heavy atom. The van der Waals surface area contributed by atoms with E-state index in [-0.39, 0.29) is 5.91 Å². The minimum absolute atomic E-state index is 0.0825. The molecule has 0 radical (unpaired) electrons. The highest BCUT2D eigenvalue weighted by Gasteiger charge is 2.25. The molecule has 150 valence electrons. The van der Waals surface area contributed by atoms with E-state index in [1.165, 1.54) is 32.4 Å². The van der Waals surface area contributed by atoms with Crippen molar-refractivity contribution in [2.75, 3.05) is 36.4 Å². The Labute approximate surface area is 173 Å². The Kier molecular flexibility index (Phi) is 6.43. The summed E-state index contributed by atoms with van der Waals surface area (Å²) < 4.78 is 0. The Morgan fingerprint density at radius 2 is 1.86 bits per heavy atom. The molecule has 5 nitrogen and oxygen atoms in total. The highest BCUT2D eigenvalue weighted by Crippen LogP contribution is 2.36. The molecule has 3 heterocycles. The van der Waals surface area contributed by atoms with Gasteiger partial charge >= 0.3 is 0 Å². The van der Waals surface area contributed by atoms with Crippen LogP contribution in [0.5, 0.6) is 0 Å². The molecule has 1 amide bonds. The Morgan fingerprint density at radius 1 is 1.00 bits per heavy atom. The predicted octanol–water partition coefficient (Wildman–Crippen LogP) is 4.45. The molecule has 1 saturated heterocycles. The van der Waals surface area contributed by atoms with Crippen molar-refractivity contribution in [1.82, 2.24) is 9.88 Å². The second-order valence-electron chi connectivity index (χ2n) is 7.64. The highest BCUT2D eigenvalue weighted by atomic mass is 16.1. The van der Waals surface area contributed by atoms with E-state index in [4.69, 9.17) is 0 Å². The first kappa shape index (κ1) is 19.5. The van der Waals surface area contributed by atoms with Gasteiger partial charge in [0.1, 0.15) is 0 Å². The van der Waals surface area contributed by atoms with Crippen LogP contribution in [0.15, 0.2) is 42.6 Å². The summed E-state index contributed by atoms with van der Waals surface area (Å²) in [6.07, 6.45) is 8.71. The van der Waals surface area contributed by atoms with Crippen molar-refractivity contribution in [2.24, 2.45) is 0 Å². The SMILES string of the molecule is O=C1Nc2cccnc2N(CCCCC#CCN2CCCCC2)c2ccccc21. The molecule has 0 spiro atoms. The summed E-state index contributed by atoms with van der Waals surface area (Å²) in [5, 5.41) is 2.99. The lowest BCUT2D eigenvalue weighted by molar-refractivity contribution is 0.102. The van der Waals surface area contributed by atoms with Gasteiger partial charge in [-0.2, -0.15) is 0 Å². The average Bonchev–Trinajstić information content (AvgIpc) is 2.88. The number of aromatic nitrogens is 1. The van der Waals surface area contributed by atoms with Crippen LogP contribution >= 0.6 is 0 Å². The largest absolute Gasteiger partial charge is 0.324 e. The van der Waals surface area contributed by atoms with Crippen molar-refractivity contribution < 1.29 is 4.79 Å². The van der Waals surface area contributed by atoms with Crippen molar-refractivity contribution in [3.8, 4) is 11.8 Å². The number of pyridine rings is 1. The van der Waals surface area contributed by atoms with Crippen LogP contribution in [0.1, 0.15) is 48.9 Å². The molecule has 0 unspecified atom stereocenters. The van der Waals surface area contributed by atoms with Crippen molar-refractivity contribution in [3.05, 3.63) is 48.2 Å². The number of carbonyl (C=O) groups is 1. The molecule has 2 aliphatic rings. The van der Waals surface area contributed by atoms with Crippen LogP contribution < -0.4 is 10.2 Å². The first-order valence-electron chi connectivity index (χ1n) is 10.6. The summed E-state index contributed by atoms with van der Waals surface area (Å²) in [7, 11) is 0. The number of piperidine rings is 1. The second kappa shape index (κ2) is 9.58. The van der Waals surface area contributed by atoms with Crippen LogP contribution in [0.3, 0.4) is 0 Å². The van der Waals surface area contributed by atoms with E-state index in [9.17, 15) is 4.79 Å². The molecular formula is C24H28N4O. The maximum absolute atomic E-state index is 12.6. The first-order chi connectivity index (χ1) is 14.3. The molecular weight excluding hydrogens is 360 g/mol. The molecule has 1 aromatic heterocycles. The number of unbranched alkanes of at least 4 members (excludes halogenated alkanes) is 2. The molecule has 0 bridgehead atoms.